The predicted octanol–water partition coefficient (Wildman–Crippen LogP) is 2.24. The van der Waals surface area contributed by atoms with E-state index < -0.39 is 0 Å². The maximum atomic E-state index is 10.4. The second-order valence-corrected chi connectivity index (χ2v) is 6.25. The van der Waals surface area contributed by atoms with Crippen molar-refractivity contribution in [3.05, 3.63) is 53.3 Å². The maximum absolute atomic E-state index is 10.4. The molecule has 144 valence electrons. The number of nitrogens with two attached hydrogens (primary N) is 5. The SMILES string of the molecule is CCCc1ccc(/C(N)=C(\N)N=C(C)N(O)c2cc(N)c(N)c(N)c2)cc1. The van der Waals surface area contributed by atoms with Crippen molar-refractivity contribution in [2.45, 2.75) is 26.7 Å². The lowest BCUT2D eigenvalue weighted by Crippen LogP contribution is -2.26. The van der Waals surface area contributed by atoms with Gasteiger partial charge in [-0.3, -0.25) is 5.21 Å². The predicted molar refractivity (Wildman–Crippen MR) is 113 cm³/mol. The summed E-state index contributed by atoms with van der Waals surface area (Å²) < 4.78 is 0. The number of nitrogen functional groups attached to an aromatic ring is 3. The fourth-order valence-corrected chi connectivity index (χ4v) is 2.56. The summed E-state index contributed by atoms with van der Waals surface area (Å²) in [7, 11) is 0. The lowest BCUT2D eigenvalue weighted by Gasteiger charge is -2.18. The van der Waals surface area contributed by atoms with E-state index in [4.69, 9.17) is 28.7 Å². The normalized spacial score (nSPS) is 12.6. The average Bonchev–Trinajstić information content (AvgIpc) is 2.65. The van der Waals surface area contributed by atoms with Crippen molar-refractivity contribution in [3.8, 4) is 0 Å². The number of nitrogens with zero attached hydrogens (tertiary/aromatic N) is 2. The van der Waals surface area contributed by atoms with Crippen LogP contribution in [0.5, 0.6) is 0 Å². The molecule has 0 saturated carbocycles. The van der Waals surface area contributed by atoms with E-state index in [0.717, 1.165) is 23.5 Å². The second-order valence-electron chi connectivity index (χ2n) is 6.25. The van der Waals surface area contributed by atoms with E-state index in [9.17, 15) is 5.21 Å². The molecule has 0 heterocycles. The molecule has 8 nitrogen and oxygen atoms in total. The van der Waals surface area contributed by atoms with E-state index in [-0.39, 0.29) is 28.7 Å². The van der Waals surface area contributed by atoms with E-state index in [2.05, 4.69) is 11.9 Å². The highest BCUT2D eigenvalue weighted by Crippen LogP contribution is 2.29. The van der Waals surface area contributed by atoms with Crippen LogP contribution >= 0.6 is 0 Å². The van der Waals surface area contributed by atoms with Gasteiger partial charge < -0.3 is 28.7 Å². The monoisotopic (exact) mass is 369 g/mol. The number of hydrogen-bond acceptors (Lipinski definition) is 7. The van der Waals surface area contributed by atoms with Crippen molar-refractivity contribution in [1.29, 1.82) is 0 Å². The van der Waals surface area contributed by atoms with Crippen molar-refractivity contribution in [3.63, 3.8) is 0 Å². The molecule has 0 atom stereocenters. The zero-order valence-corrected chi connectivity index (χ0v) is 15.6. The number of amidine groups is 1. The number of hydroxylamine groups is 1. The standard InChI is InChI=1S/C19H27N7O/c1-3-4-12-5-7-13(8-6-12)17(22)19(24)25-11(2)26(27)14-9-15(20)18(23)16(21)10-14/h5-10,27H,3-4,20-24H2,1-2H3/b19-17-,25-11?. The molecule has 11 N–H and O–H groups in total. The van der Waals surface area contributed by atoms with Gasteiger partial charge in [-0.1, -0.05) is 37.6 Å². The summed E-state index contributed by atoms with van der Waals surface area (Å²) in [5, 5.41) is 11.2. The second kappa shape index (κ2) is 8.33. The van der Waals surface area contributed by atoms with Gasteiger partial charge in [0.2, 0.25) is 0 Å². The number of aryl methyl sites for hydroxylation is 1. The van der Waals surface area contributed by atoms with Crippen LogP contribution in [-0.4, -0.2) is 11.0 Å². The lowest BCUT2D eigenvalue weighted by atomic mass is 10.1. The first kappa shape index (κ1) is 19.9. The third kappa shape index (κ3) is 4.62. The highest BCUT2D eigenvalue weighted by atomic mass is 16.5. The summed E-state index contributed by atoms with van der Waals surface area (Å²) >= 11 is 0. The van der Waals surface area contributed by atoms with Crippen LogP contribution < -0.4 is 33.7 Å². The molecule has 27 heavy (non-hydrogen) atoms. The fourth-order valence-electron chi connectivity index (χ4n) is 2.56. The largest absolute Gasteiger partial charge is 0.397 e. The van der Waals surface area contributed by atoms with Gasteiger partial charge in [-0.25, -0.2) is 10.1 Å². The third-order valence-corrected chi connectivity index (χ3v) is 4.14. The van der Waals surface area contributed by atoms with E-state index in [1.807, 2.05) is 24.3 Å². The summed E-state index contributed by atoms with van der Waals surface area (Å²) in [6, 6.07) is 10.8. The molecular formula is C19H27N7O. The molecule has 0 unspecified atom stereocenters. The number of benzene rings is 2. The maximum Gasteiger partial charge on any atom is 0.149 e. The Kier molecular flexibility index (Phi) is 6.15. The Morgan fingerprint density at radius 3 is 2.11 bits per heavy atom. The van der Waals surface area contributed by atoms with Crippen LogP contribution in [0.1, 0.15) is 31.4 Å². The van der Waals surface area contributed by atoms with Crippen LogP contribution in [0.2, 0.25) is 0 Å². The average molecular weight is 369 g/mol. The Bertz CT molecular complexity index is 849. The van der Waals surface area contributed by atoms with Gasteiger partial charge in [-0.15, -0.1) is 0 Å². The van der Waals surface area contributed by atoms with Gasteiger partial charge in [0.1, 0.15) is 11.7 Å². The Morgan fingerprint density at radius 2 is 1.59 bits per heavy atom. The molecule has 0 aliphatic heterocycles. The molecular weight excluding hydrogens is 342 g/mol. The summed E-state index contributed by atoms with van der Waals surface area (Å²) in [5.41, 5.74) is 32.8. The Hall–Kier alpha value is -3.39. The van der Waals surface area contributed by atoms with Crippen LogP contribution in [0, 0.1) is 0 Å². The van der Waals surface area contributed by atoms with Gasteiger partial charge in [-0.2, -0.15) is 0 Å². The highest BCUT2D eigenvalue weighted by molar-refractivity contribution is 5.97. The summed E-state index contributed by atoms with van der Waals surface area (Å²) in [6.07, 6.45) is 2.08. The Labute approximate surface area is 158 Å². The van der Waals surface area contributed by atoms with Gasteiger partial charge in [0.25, 0.3) is 0 Å². The van der Waals surface area contributed by atoms with Crippen LogP contribution in [0.15, 0.2) is 47.2 Å². The van der Waals surface area contributed by atoms with Crippen molar-refractivity contribution < 1.29 is 5.21 Å². The first-order valence-electron chi connectivity index (χ1n) is 8.57. The number of anilines is 4. The molecule has 0 spiro atoms. The first-order chi connectivity index (χ1) is 12.7. The molecule has 2 rings (SSSR count). The van der Waals surface area contributed by atoms with Gasteiger partial charge in [0.15, 0.2) is 0 Å². The Morgan fingerprint density at radius 1 is 1.04 bits per heavy atom. The molecule has 2 aromatic rings. The lowest BCUT2D eigenvalue weighted by molar-refractivity contribution is 0.311. The van der Waals surface area contributed by atoms with Crippen molar-refractivity contribution >= 4 is 34.3 Å². The zero-order chi connectivity index (χ0) is 20.1. The molecule has 0 aliphatic carbocycles. The molecule has 0 aromatic heterocycles. The van der Waals surface area contributed by atoms with Gasteiger partial charge >= 0.3 is 0 Å². The summed E-state index contributed by atoms with van der Waals surface area (Å²) in [4.78, 5) is 4.18. The van der Waals surface area contributed by atoms with Gasteiger partial charge in [0.05, 0.1) is 28.4 Å². The molecule has 8 heteroatoms. The van der Waals surface area contributed by atoms with Gasteiger partial charge in [-0.05, 0) is 31.0 Å². The topological polar surface area (TPSA) is 166 Å². The van der Waals surface area contributed by atoms with E-state index in [1.54, 1.807) is 6.92 Å². The minimum Gasteiger partial charge on any atom is -0.397 e. The number of rotatable bonds is 5. The molecule has 0 bridgehead atoms. The van der Waals surface area contributed by atoms with Crippen LogP contribution in [-0.2, 0) is 6.42 Å². The molecule has 2 aromatic carbocycles. The summed E-state index contributed by atoms with van der Waals surface area (Å²) in [5.74, 6) is 0.285. The van der Waals surface area contributed by atoms with Crippen molar-refractivity contribution in [2.75, 3.05) is 22.3 Å². The zero-order valence-electron chi connectivity index (χ0n) is 15.6. The number of aliphatic imine (C=N–C) groups is 1. The first-order valence-corrected chi connectivity index (χ1v) is 8.57. The van der Waals surface area contributed by atoms with E-state index >= 15 is 0 Å². The van der Waals surface area contributed by atoms with E-state index in [1.165, 1.54) is 17.7 Å². The van der Waals surface area contributed by atoms with Crippen LogP contribution in [0.4, 0.5) is 22.7 Å². The minimum absolute atomic E-state index is 0.0891. The molecule has 0 saturated heterocycles. The smallest absolute Gasteiger partial charge is 0.149 e. The molecule has 0 radical (unpaired) electrons. The highest BCUT2D eigenvalue weighted by Gasteiger charge is 2.12. The van der Waals surface area contributed by atoms with E-state index in [0.29, 0.717) is 11.4 Å². The van der Waals surface area contributed by atoms with Crippen molar-refractivity contribution in [2.24, 2.45) is 16.5 Å². The molecule has 0 amide bonds. The minimum atomic E-state index is 0.0891. The summed E-state index contributed by atoms with van der Waals surface area (Å²) in [6.45, 7) is 3.70. The van der Waals surface area contributed by atoms with Gasteiger partial charge in [0, 0.05) is 5.56 Å². The fraction of sp³-hybridized carbons (Fsp3) is 0.211. The van der Waals surface area contributed by atoms with Crippen molar-refractivity contribution in [1.82, 2.24) is 0 Å². The molecule has 0 aliphatic rings. The quantitative estimate of drug-likeness (QED) is 0.203. The Balaban J connectivity index is 2.28. The van der Waals surface area contributed by atoms with Crippen LogP contribution in [0.3, 0.4) is 0 Å². The molecule has 0 fully saturated rings. The third-order valence-electron chi connectivity index (χ3n) is 4.14. The van der Waals surface area contributed by atoms with Crippen LogP contribution in [0.25, 0.3) is 5.70 Å². The number of hydrogen-bond donors (Lipinski definition) is 6.